The number of anilines is 1. The molecule has 160 valence electrons. The zero-order valence-electron chi connectivity index (χ0n) is 16.7. The first-order chi connectivity index (χ1) is 14.8. The molecule has 3 N–H and O–H groups in total. The molecule has 0 radical (unpaired) electrons. The number of imide groups is 2. The first kappa shape index (κ1) is 21.4. The van der Waals surface area contributed by atoms with Crippen LogP contribution in [0.4, 0.5) is 10.5 Å². The van der Waals surface area contributed by atoms with Gasteiger partial charge >= 0.3 is 6.03 Å². The fourth-order valence-electron chi connectivity index (χ4n) is 2.83. The molecule has 0 atom stereocenters. The minimum absolute atomic E-state index is 0.247. The van der Waals surface area contributed by atoms with Crippen molar-refractivity contribution in [2.24, 2.45) is 5.73 Å². The Bertz CT molecular complexity index is 1080. The van der Waals surface area contributed by atoms with Crippen LogP contribution in [0.15, 0.2) is 48.0 Å². The molecule has 1 aliphatic rings. The summed E-state index contributed by atoms with van der Waals surface area (Å²) in [4.78, 5) is 49.3. The summed E-state index contributed by atoms with van der Waals surface area (Å²) in [6.07, 6.45) is 1.32. The summed E-state index contributed by atoms with van der Waals surface area (Å²) in [5, 5.41) is 2.15. The van der Waals surface area contributed by atoms with Crippen molar-refractivity contribution in [2.45, 2.75) is 0 Å². The molecule has 10 heteroatoms. The molecule has 1 fully saturated rings. The van der Waals surface area contributed by atoms with Crippen molar-refractivity contribution in [1.29, 1.82) is 0 Å². The number of primary amides is 1. The predicted molar refractivity (Wildman–Crippen MR) is 110 cm³/mol. The highest BCUT2D eigenvalue weighted by Crippen LogP contribution is 2.30. The van der Waals surface area contributed by atoms with Crippen LogP contribution in [0.1, 0.15) is 5.56 Å². The summed E-state index contributed by atoms with van der Waals surface area (Å²) in [6.45, 7) is -0.337. The van der Waals surface area contributed by atoms with E-state index in [1.807, 2.05) is 0 Å². The average molecular weight is 425 g/mol. The normalized spacial score (nSPS) is 15.0. The molecule has 0 saturated carbocycles. The molecule has 0 aliphatic carbocycles. The van der Waals surface area contributed by atoms with E-state index in [-0.39, 0.29) is 29.4 Å². The number of ether oxygens (including phenoxy) is 3. The molecule has 1 aliphatic heterocycles. The van der Waals surface area contributed by atoms with Crippen LogP contribution in [0.25, 0.3) is 6.08 Å². The van der Waals surface area contributed by atoms with E-state index in [4.69, 9.17) is 19.9 Å². The van der Waals surface area contributed by atoms with E-state index in [1.54, 1.807) is 18.2 Å². The maximum atomic E-state index is 12.9. The highest BCUT2D eigenvalue weighted by molar-refractivity contribution is 6.39. The van der Waals surface area contributed by atoms with Crippen LogP contribution in [0, 0.1) is 0 Å². The SMILES string of the molecule is COc1ccc(N2C(=O)NC(=O)C(=Cc3ccc(OCC(N)=O)c(OC)c3)C2=O)cc1. The van der Waals surface area contributed by atoms with Gasteiger partial charge in [0.25, 0.3) is 17.7 Å². The Morgan fingerprint density at radius 2 is 1.74 bits per heavy atom. The average Bonchev–Trinajstić information content (AvgIpc) is 2.75. The fourth-order valence-corrected chi connectivity index (χ4v) is 2.83. The number of amides is 5. The van der Waals surface area contributed by atoms with E-state index in [1.165, 1.54) is 44.6 Å². The van der Waals surface area contributed by atoms with E-state index in [0.29, 0.717) is 11.3 Å². The Morgan fingerprint density at radius 3 is 2.35 bits per heavy atom. The molecular weight excluding hydrogens is 406 g/mol. The number of carbonyl (C=O) groups excluding carboxylic acids is 4. The lowest BCUT2D eigenvalue weighted by atomic mass is 10.1. The number of rotatable bonds is 7. The first-order valence-electron chi connectivity index (χ1n) is 8.98. The smallest absolute Gasteiger partial charge is 0.335 e. The van der Waals surface area contributed by atoms with Gasteiger partial charge in [-0.05, 0) is 48.0 Å². The molecule has 10 nitrogen and oxygen atoms in total. The number of hydrogen-bond acceptors (Lipinski definition) is 7. The fraction of sp³-hybridized carbons (Fsp3) is 0.143. The maximum Gasteiger partial charge on any atom is 0.335 e. The molecule has 1 saturated heterocycles. The molecule has 5 amide bonds. The number of urea groups is 1. The summed E-state index contributed by atoms with van der Waals surface area (Å²) in [6, 6.07) is 9.95. The number of methoxy groups -OCH3 is 2. The van der Waals surface area contributed by atoms with Crippen LogP contribution in [0.3, 0.4) is 0 Å². The van der Waals surface area contributed by atoms with E-state index in [2.05, 4.69) is 5.32 Å². The second-order valence-corrected chi connectivity index (χ2v) is 6.32. The predicted octanol–water partition coefficient (Wildman–Crippen LogP) is 1.23. The van der Waals surface area contributed by atoms with Crippen LogP contribution in [-0.2, 0) is 14.4 Å². The van der Waals surface area contributed by atoms with Crippen LogP contribution in [-0.4, -0.2) is 44.6 Å². The molecule has 2 aromatic rings. The minimum atomic E-state index is -0.856. The molecular formula is C21H19N3O7. The van der Waals surface area contributed by atoms with Crippen molar-refractivity contribution in [1.82, 2.24) is 5.32 Å². The molecule has 1 heterocycles. The molecule has 0 spiro atoms. The Balaban J connectivity index is 1.92. The number of benzene rings is 2. The summed E-state index contributed by atoms with van der Waals surface area (Å²) in [7, 11) is 2.89. The van der Waals surface area contributed by atoms with Gasteiger partial charge in [0.15, 0.2) is 18.1 Å². The number of nitrogens with one attached hydrogen (secondary N) is 1. The summed E-state index contributed by atoms with van der Waals surface area (Å²) in [5.41, 5.74) is 5.53. The van der Waals surface area contributed by atoms with Crippen molar-refractivity contribution >= 4 is 35.5 Å². The highest BCUT2D eigenvalue weighted by atomic mass is 16.5. The minimum Gasteiger partial charge on any atom is -0.497 e. The van der Waals surface area contributed by atoms with Gasteiger partial charge in [0.2, 0.25) is 0 Å². The molecule has 31 heavy (non-hydrogen) atoms. The quantitative estimate of drug-likeness (QED) is 0.503. The molecule has 0 unspecified atom stereocenters. The van der Waals surface area contributed by atoms with Crippen molar-refractivity contribution in [3.05, 3.63) is 53.6 Å². The zero-order chi connectivity index (χ0) is 22.5. The van der Waals surface area contributed by atoms with E-state index in [0.717, 1.165) is 4.90 Å². The highest BCUT2D eigenvalue weighted by Gasteiger charge is 2.36. The van der Waals surface area contributed by atoms with Gasteiger partial charge in [-0.3, -0.25) is 19.7 Å². The summed E-state index contributed by atoms with van der Waals surface area (Å²) in [5.74, 6) is -1.19. The van der Waals surface area contributed by atoms with Crippen LogP contribution >= 0.6 is 0 Å². The van der Waals surface area contributed by atoms with Crippen LogP contribution < -0.4 is 30.2 Å². The van der Waals surface area contributed by atoms with Gasteiger partial charge < -0.3 is 19.9 Å². The summed E-state index contributed by atoms with van der Waals surface area (Å²) < 4.78 is 15.5. The van der Waals surface area contributed by atoms with Crippen LogP contribution in [0.2, 0.25) is 0 Å². The van der Waals surface area contributed by atoms with Crippen molar-refractivity contribution < 1.29 is 33.4 Å². The van der Waals surface area contributed by atoms with Gasteiger partial charge in [0.05, 0.1) is 19.9 Å². The topological polar surface area (TPSA) is 137 Å². The van der Waals surface area contributed by atoms with Gasteiger partial charge in [-0.2, -0.15) is 0 Å². The molecule has 0 bridgehead atoms. The number of nitrogens with zero attached hydrogens (tertiary/aromatic N) is 1. The van der Waals surface area contributed by atoms with Gasteiger partial charge in [0, 0.05) is 0 Å². The Labute approximate surface area is 177 Å². The summed E-state index contributed by atoms with van der Waals surface area (Å²) >= 11 is 0. The number of nitrogens with two attached hydrogens (primary N) is 1. The van der Waals surface area contributed by atoms with E-state index >= 15 is 0 Å². The van der Waals surface area contributed by atoms with E-state index in [9.17, 15) is 19.2 Å². The third-order valence-corrected chi connectivity index (χ3v) is 4.30. The lowest BCUT2D eigenvalue weighted by molar-refractivity contribution is -0.123. The maximum absolute atomic E-state index is 12.9. The third-order valence-electron chi connectivity index (χ3n) is 4.30. The van der Waals surface area contributed by atoms with Gasteiger partial charge in [0.1, 0.15) is 11.3 Å². The zero-order valence-corrected chi connectivity index (χ0v) is 16.7. The van der Waals surface area contributed by atoms with Gasteiger partial charge in [-0.25, -0.2) is 9.69 Å². The monoisotopic (exact) mass is 425 g/mol. The Morgan fingerprint density at radius 1 is 1.03 bits per heavy atom. The third kappa shape index (κ3) is 4.64. The van der Waals surface area contributed by atoms with Crippen molar-refractivity contribution in [2.75, 3.05) is 25.7 Å². The molecule has 3 rings (SSSR count). The number of hydrogen-bond donors (Lipinski definition) is 2. The van der Waals surface area contributed by atoms with Crippen LogP contribution in [0.5, 0.6) is 17.2 Å². The second-order valence-electron chi connectivity index (χ2n) is 6.32. The standard InChI is InChI=1S/C21H19N3O7/c1-29-14-6-4-13(5-7-14)24-20(27)15(19(26)23-21(24)28)9-12-3-8-16(17(10-12)30-2)31-11-18(22)25/h3-10H,11H2,1-2H3,(H2,22,25)(H,23,26,28). The van der Waals surface area contributed by atoms with E-state index < -0.39 is 23.8 Å². The van der Waals surface area contributed by atoms with Gasteiger partial charge in [-0.1, -0.05) is 6.07 Å². The second kappa shape index (κ2) is 8.99. The lowest BCUT2D eigenvalue weighted by Gasteiger charge is -2.26. The Kier molecular flexibility index (Phi) is 6.20. The molecule has 2 aromatic carbocycles. The Hall–Kier alpha value is -4.34. The van der Waals surface area contributed by atoms with Gasteiger partial charge in [-0.15, -0.1) is 0 Å². The lowest BCUT2D eigenvalue weighted by Crippen LogP contribution is -2.54. The first-order valence-corrected chi connectivity index (χ1v) is 8.98. The number of carbonyl (C=O) groups is 4. The largest absolute Gasteiger partial charge is 0.497 e. The molecule has 0 aromatic heterocycles. The number of barbiturate groups is 1. The van der Waals surface area contributed by atoms with Crippen molar-refractivity contribution in [3.63, 3.8) is 0 Å². The van der Waals surface area contributed by atoms with Crippen molar-refractivity contribution in [3.8, 4) is 17.2 Å².